The van der Waals surface area contributed by atoms with Crippen LogP contribution in [0.25, 0.3) is 0 Å². The van der Waals surface area contributed by atoms with Crippen LogP contribution in [0.5, 0.6) is 0 Å². The summed E-state index contributed by atoms with van der Waals surface area (Å²) >= 11 is 5.94. The van der Waals surface area contributed by atoms with Gasteiger partial charge in [0.25, 0.3) is 10.0 Å². The molecule has 1 heterocycles. The molecule has 0 spiro atoms. The van der Waals surface area contributed by atoms with Gasteiger partial charge in [-0.3, -0.25) is 0 Å². The number of alkyl halides is 6. The van der Waals surface area contributed by atoms with E-state index in [9.17, 15) is 34.8 Å². The van der Waals surface area contributed by atoms with E-state index in [0.717, 1.165) is 12.1 Å². The number of aliphatic hydroxyl groups excluding tert-OH is 1. The second-order valence-electron chi connectivity index (χ2n) is 4.76. The van der Waals surface area contributed by atoms with Crippen LogP contribution >= 0.6 is 22.9 Å². The summed E-state index contributed by atoms with van der Waals surface area (Å²) in [5.74, 6) is -4.10. The summed E-state index contributed by atoms with van der Waals surface area (Å²) in [6.45, 7) is -1.40. The Bertz CT molecular complexity index is 642. The van der Waals surface area contributed by atoms with Crippen LogP contribution in [0.15, 0.2) is 16.3 Å². The Morgan fingerprint density at radius 2 is 1.70 bits per heavy atom. The number of hydrogen-bond donors (Lipinski definition) is 2. The molecule has 23 heavy (non-hydrogen) atoms. The van der Waals surface area contributed by atoms with E-state index in [4.69, 9.17) is 16.7 Å². The van der Waals surface area contributed by atoms with Crippen LogP contribution in [0.4, 0.5) is 26.3 Å². The summed E-state index contributed by atoms with van der Waals surface area (Å²) in [7, 11) is -4.75. The van der Waals surface area contributed by atoms with Crippen molar-refractivity contribution in [2.75, 3.05) is 6.61 Å². The lowest BCUT2D eigenvalue weighted by atomic mass is 9.86. The van der Waals surface area contributed by atoms with Crippen LogP contribution in [0.2, 0.25) is 4.34 Å². The molecule has 1 aromatic heterocycles. The van der Waals surface area contributed by atoms with E-state index in [1.54, 1.807) is 0 Å². The van der Waals surface area contributed by atoms with E-state index < -0.39 is 44.6 Å². The predicted octanol–water partition coefficient (Wildman–Crippen LogP) is 3.17. The van der Waals surface area contributed by atoms with Crippen LogP contribution in [0.3, 0.4) is 0 Å². The van der Waals surface area contributed by atoms with E-state index >= 15 is 0 Å². The number of thiophene rings is 1. The molecule has 0 unspecified atom stereocenters. The maximum Gasteiger partial charge on any atom is 0.402 e. The topological polar surface area (TPSA) is 66.4 Å². The van der Waals surface area contributed by atoms with Gasteiger partial charge >= 0.3 is 12.4 Å². The number of nitrogens with one attached hydrogen (secondary N) is 1. The Morgan fingerprint density at radius 1 is 1.22 bits per heavy atom. The van der Waals surface area contributed by atoms with Crippen LogP contribution < -0.4 is 4.72 Å². The molecule has 0 aliphatic rings. The molecule has 0 saturated heterocycles. The monoisotopic (exact) mass is 405 g/mol. The third-order valence-electron chi connectivity index (χ3n) is 2.80. The number of halogens is 7. The zero-order chi connectivity index (χ0) is 18.3. The lowest BCUT2D eigenvalue weighted by molar-refractivity contribution is -0.304. The maximum atomic E-state index is 12.8. The van der Waals surface area contributed by atoms with E-state index in [2.05, 4.69) is 0 Å². The molecule has 0 aliphatic carbocycles. The Kier molecular flexibility index (Phi) is 5.69. The van der Waals surface area contributed by atoms with Crippen molar-refractivity contribution < 1.29 is 39.9 Å². The van der Waals surface area contributed by atoms with Gasteiger partial charge in [0.2, 0.25) is 0 Å². The van der Waals surface area contributed by atoms with Crippen molar-refractivity contribution in [3.05, 3.63) is 16.5 Å². The molecule has 13 heteroatoms. The molecule has 1 rings (SSSR count). The highest BCUT2D eigenvalue weighted by atomic mass is 35.5. The van der Waals surface area contributed by atoms with Gasteiger partial charge in [-0.05, 0) is 19.1 Å². The predicted molar refractivity (Wildman–Crippen MR) is 70.7 cm³/mol. The number of sulfonamides is 1. The van der Waals surface area contributed by atoms with Crippen molar-refractivity contribution >= 4 is 33.0 Å². The van der Waals surface area contributed by atoms with Crippen LogP contribution in [0.1, 0.15) is 6.92 Å². The molecule has 134 valence electrons. The van der Waals surface area contributed by atoms with Gasteiger partial charge in [-0.25, -0.2) is 13.1 Å². The van der Waals surface area contributed by atoms with Crippen molar-refractivity contribution in [2.24, 2.45) is 5.92 Å². The van der Waals surface area contributed by atoms with E-state index in [1.807, 2.05) is 0 Å². The first-order valence-corrected chi connectivity index (χ1v) is 8.35. The molecular weight excluding hydrogens is 396 g/mol. The van der Waals surface area contributed by atoms with Gasteiger partial charge in [0.15, 0.2) is 5.92 Å². The second kappa shape index (κ2) is 6.39. The molecule has 4 nitrogen and oxygen atoms in total. The smallest absolute Gasteiger partial charge is 0.394 e. The Hall–Kier alpha value is -0.560. The molecule has 0 bridgehead atoms. The summed E-state index contributed by atoms with van der Waals surface area (Å²) in [5.41, 5.74) is -3.24. The van der Waals surface area contributed by atoms with Crippen molar-refractivity contribution in [3.8, 4) is 0 Å². The molecule has 0 saturated carbocycles. The summed E-state index contributed by atoms with van der Waals surface area (Å²) in [6.07, 6.45) is -11.7. The average Bonchev–Trinajstić information content (AvgIpc) is 2.71. The largest absolute Gasteiger partial charge is 0.402 e. The molecule has 0 amide bonds. The molecule has 1 atom stereocenters. The summed E-state index contributed by atoms with van der Waals surface area (Å²) in [4.78, 5) is 0. The third-order valence-corrected chi connectivity index (χ3v) is 6.14. The minimum Gasteiger partial charge on any atom is -0.394 e. The molecular formula is C10H10ClF6NO3S2. The van der Waals surface area contributed by atoms with Crippen LogP contribution in [-0.4, -0.2) is 38.0 Å². The first-order chi connectivity index (χ1) is 10.1. The van der Waals surface area contributed by atoms with Gasteiger partial charge in [0.1, 0.15) is 4.21 Å². The van der Waals surface area contributed by atoms with Crippen molar-refractivity contribution in [3.63, 3.8) is 0 Å². The van der Waals surface area contributed by atoms with E-state index in [0.29, 0.717) is 18.3 Å². The fourth-order valence-corrected chi connectivity index (χ4v) is 4.78. The van der Waals surface area contributed by atoms with Crippen LogP contribution in [-0.2, 0) is 10.0 Å². The average molecular weight is 406 g/mol. The van der Waals surface area contributed by atoms with Crippen molar-refractivity contribution in [1.82, 2.24) is 4.72 Å². The highest BCUT2D eigenvalue weighted by Gasteiger charge is 2.65. The Labute approximate surface area is 136 Å². The van der Waals surface area contributed by atoms with Gasteiger partial charge in [0, 0.05) is 0 Å². The summed E-state index contributed by atoms with van der Waals surface area (Å²) in [5, 5.41) is 9.05. The third kappa shape index (κ3) is 4.72. The highest BCUT2D eigenvalue weighted by molar-refractivity contribution is 7.91. The fraction of sp³-hybridized carbons (Fsp3) is 0.600. The standard InChI is InChI=1S/C10H10ClF6NO3S2/c1-8(4-19,7(9(12,13)14)10(15,16)17)18-23(20,21)6-3-2-5(11)22-6/h2-3,7,18-19H,4H2,1H3/t8-/m0/s1. The Morgan fingerprint density at radius 3 is 2.00 bits per heavy atom. The number of rotatable bonds is 5. The normalized spacial score (nSPS) is 16.6. The van der Waals surface area contributed by atoms with Crippen LogP contribution in [0, 0.1) is 5.92 Å². The molecule has 0 radical (unpaired) electrons. The SMILES string of the molecule is C[C@@](CO)(NS(=O)(=O)c1ccc(Cl)s1)C(C(F)(F)F)C(F)(F)F. The summed E-state index contributed by atoms with van der Waals surface area (Å²) in [6, 6.07) is 2.03. The van der Waals surface area contributed by atoms with Gasteiger partial charge in [-0.15, -0.1) is 11.3 Å². The van der Waals surface area contributed by atoms with E-state index in [-0.39, 0.29) is 4.34 Å². The molecule has 0 fully saturated rings. The molecule has 2 N–H and O–H groups in total. The van der Waals surface area contributed by atoms with Gasteiger partial charge < -0.3 is 5.11 Å². The zero-order valence-electron chi connectivity index (χ0n) is 11.2. The minimum absolute atomic E-state index is 0.0285. The second-order valence-corrected chi connectivity index (χ2v) is 8.38. The lowest BCUT2D eigenvalue weighted by Crippen LogP contribution is -2.62. The quantitative estimate of drug-likeness (QED) is 0.739. The zero-order valence-corrected chi connectivity index (χ0v) is 13.6. The fourth-order valence-electron chi connectivity index (χ4n) is 1.89. The van der Waals surface area contributed by atoms with E-state index in [1.165, 1.54) is 4.72 Å². The van der Waals surface area contributed by atoms with Gasteiger partial charge in [0.05, 0.1) is 16.5 Å². The first-order valence-electron chi connectivity index (χ1n) is 5.67. The Balaban J connectivity index is 3.33. The number of hydrogen-bond acceptors (Lipinski definition) is 4. The van der Waals surface area contributed by atoms with Gasteiger partial charge in [-0.1, -0.05) is 11.6 Å². The van der Waals surface area contributed by atoms with Crippen molar-refractivity contribution in [2.45, 2.75) is 29.0 Å². The minimum atomic E-state index is -5.83. The molecule has 1 aromatic rings. The molecule has 0 aromatic carbocycles. The number of aliphatic hydroxyl groups is 1. The highest BCUT2D eigenvalue weighted by Crippen LogP contribution is 2.46. The lowest BCUT2D eigenvalue weighted by Gasteiger charge is -2.38. The molecule has 0 aliphatic heterocycles. The van der Waals surface area contributed by atoms with Gasteiger partial charge in [-0.2, -0.15) is 26.3 Å². The first kappa shape index (κ1) is 20.5. The summed E-state index contributed by atoms with van der Waals surface area (Å²) < 4.78 is 101. The van der Waals surface area contributed by atoms with Crippen molar-refractivity contribution in [1.29, 1.82) is 0 Å². The maximum absolute atomic E-state index is 12.8.